The summed E-state index contributed by atoms with van der Waals surface area (Å²) in [5.74, 6) is -1.66. The molecular weight excluding hydrogens is 472 g/mol. The summed E-state index contributed by atoms with van der Waals surface area (Å²) in [5.41, 5.74) is 0.318. The van der Waals surface area contributed by atoms with Crippen molar-refractivity contribution in [3.05, 3.63) is 71.6 Å². The highest BCUT2D eigenvalue weighted by Gasteiger charge is 2.33. The van der Waals surface area contributed by atoms with Gasteiger partial charge in [-0.1, -0.05) is 12.1 Å². The molecule has 13 heteroatoms. The summed E-state index contributed by atoms with van der Waals surface area (Å²) in [4.78, 5) is 21.9. The number of carbonyl (C=O) groups excluding carboxylic acids is 1. The zero-order chi connectivity index (χ0) is 24.5. The van der Waals surface area contributed by atoms with E-state index in [1.54, 1.807) is 6.92 Å². The number of nitrogens with one attached hydrogen (secondary N) is 2. The second-order valence-corrected chi connectivity index (χ2v) is 8.83. The summed E-state index contributed by atoms with van der Waals surface area (Å²) in [7, 11) is -2.74. The van der Waals surface area contributed by atoms with Gasteiger partial charge in [0.2, 0.25) is 5.88 Å². The van der Waals surface area contributed by atoms with Crippen LogP contribution >= 0.6 is 0 Å². The summed E-state index contributed by atoms with van der Waals surface area (Å²) >= 11 is 0. The summed E-state index contributed by atoms with van der Waals surface area (Å²) < 4.78 is 67.0. The normalized spacial score (nSPS) is 15.5. The van der Waals surface area contributed by atoms with Crippen molar-refractivity contribution in [3.63, 3.8) is 0 Å². The third-order valence-corrected chi connectivity index (χ3v) is 6.10. The van der Waals surface area contributed by atoms with E-state index < -0.39 is 34.0 Å². The lowest BCUT2D eigenvalue weighted by atomic mass is 10.1. The Morgan fingerprint density at radius 2 is 2.00 bits per heavy atom. The molecule has 1 atom stereocenters. The number of ether oxygens (including phenoxy) is 2. The van der Waals surface area contributed by atoms with Crippen molar-refractivity contribution in [2.45, 2.75) is 19.5 Å². The molecule has 4 rings (SSSR count). The minimum atomic E-state index is -3.93. The lowest BCUT2D eigenvalue weighted by Crippen LogP contribution is -2.39. The number of nitrogens with zero attached hydrogens (tertiary/aromatic N) is 3. The Morgan fingerprint density at radius 1 is 1.21 bits per heavy atom. The van der Waals surface area contributed by atoms with E-state index in [4.69, 9.17) is 9.47 Å². The zero-order valence-corrected chi connectivity index (χ0v) is 18.8. The van der Waals surface area contributed by atoms with Gasteiger partial charge < -0.3 is 9.47 Å². The summed E-state index contributed by atoms with van der Waals surface area (Å²) in [6, 6.07) is 7.51. The molecule has 3 aromatic rings. The van der Waals surface area contributed by atoms with E-state index in [0.29, 0.717) is 5.56 Å². The van der Waals surface area contributed by atoms with Crippen molar-refractivity contribution in [1.29, 1.82) is 0 Å². The number of benzene rings is 1. The van der Waals surface area contributed by atoms with Crippen LogP contribution in [0.2, 0.25) is 0 Å². The van der Waals surface area contributed by atoms with Gasteiger partial charge in [0, 0.05) is 36.6 Å². The van der Waals surface area contributed by atoms with Crippen LogP contribution in [0.3, 0.4) is 0 Å². The zero-order valence-electron chi connectivity index (χ0n) is 18.0. The van der Waals surface area contributed by atoms with Crippen molar-refractivity contribution in [1.82, 2.24) is 19.6 Å². The molecular formula is C21H19F2N5O5S. The lowest BCUT2D eigenvalue weighted by molar-refractivity contribution is 0.116. The Hall–Kier alpha value is -3.84. The Bertz CT molecular complexity index is 1360. The van der Waals surface area contributed by atoms with Gasteiger partial charge in [0.15, 0.2) is 11.6 Å². The standard InChI is InChI=1S/C21H19F2N5O5S/c1-12-14-10-26-18(33-20-15(22)6-4-8-25-20)9-17(14)32-21(29)28(12)11-13-5-3-7-16(19(13)23)27-34(30,31)24-2/h3-10,12,24,27H,11H2,1-2H3/t12-/m0/s1. The van der Waals surface area contributed by atoms with E-state index in [1.807, 2.05) is 4.72 Å². The van der Waals surface area contributed by atoms with Gasteiger partial charge in [-0.3, -0.25) is 9.62 Å². The second kappa shape index (κ2) is 9.19. The van der Waals surface area contributed by atoms with E-state index in [0.717, 1.165) is 0 Å². The van der Waals surface area contributed by atoms with E-state index >= 15 is 0 Å². The van der Waals surface area contributed by atoms with Gasteiger partial charge >= 0.3 is 6.09 Å². The van der Waals surface area contributed by atoms with Crippen molar-refractivity contribution >= 4 is 22.0 Å². The van der Waals surface area contributed by atoms with Gasteiger partial charge in [-0.15, -0.1) is 0 Å². The number of halogens is 2. The first kappa shape index (κ1) is 23.3. The Morgan fingerprint density at radius 3 is 2.74 bits per heavy atom. The molecule has 0 spiro atoms. The van der Waals surface area contributed by atoms with Gasteiger partial charge in [0.1, 0.15) is 5.75 Å². The van der Waals surface area contributed by atoms with E-state index in [-0.39, 0.29) is 35.3 Å². The van der Waals surface area contributed by atoms with Gasteiger partial charge in [0.25, 0.3) is 16.1 Å². The smallest absolute Gasteiger partial charge is 0.416 e. The summed E-state index contributed by atoms with van der Waals surface area (Å²) in [6.45, 7) is 1.50. The summed E-state index contributed by atoms with van der Waals surface area (Å²) in [5, 5.41) is 0. The molecule has 0 radical (unpaired) electrons. The molecule has 2 aromatic heterocycles. The number of aromatic nitrogens is 2. The number of carbonyl (C=O) groups is 1. The fourth-order valence-electron chi connectivity index (χ4n) is 3.27. The quantitative estimate of drug-likeness (QED) is 0.519. The van der Waals surface area contributed by atoms with Crippen LogP contribution in [-0.4, -0.2) is 36.4 Å². The minimum absolute atomic E-state index is 0.0274. The first-order chi connectivity index (χ1) is 16.2. The van der Waals surface area contributed by atoms with Crippen molar-refractivity contribution in [3.8, 4) is 17.5 Å². The molecule has 2 N–H and O–H groups in total. The monoisotopic (exact) mass is 491 g/mol. The molecule has 1 aliphatic rings. The maximum absolute atomic E-state index is 14.9. The van der Waals surface area contributed by atoms with Gasteiger partial charge in [0.05, 0.1) is 18.3 Å². The molecule has 0 unspecified atom stereocenters. The number of amides is 1. The van der Waals surface area contributed by atoms with Crippen LogP contribution < -0.4 is 18.9 Å². The highest BCUT2D eigenvalue weighted by Crippen LogP contribution is 2.38. The average molecular weight is 491 g/mol. The lowest BCUT2D eigenvalue weighted by Gasteiger charge is -2.34. The maximum atomic E-state index is 14.9. The number of anilines is 1. The Balaban J connectivity index is 1.56. The maximum Gasteiger partial charge on any atom is 0.416 e. The van der Waals surface area contributed by atoms with Crippen LogP contribution in [0.5, 0.6) is 17.5 Å². The van der Waals surface area contributed by atoms with Crippen LogP contribution in [0.4, 0.5) is 19.3 Å². The number of pyridine rings is 2. The van der Waals surface area contributed by atoms with Crippen LogP contribution in [0, 0.1) is 11.6 Å². The van der Waals surface area contributed by atoms with Crippen LogP contribution in [0.1, 0.15) is 24.1 Å². The van der Waals surface area contributed by atoms with Crippen LogP contribution in [0.25, 0.3) is 0 Å². The van der Waals surface area contributed by atoms with Gasteiger partial charge in [-0.05, 0) is 25.1 Å². The molecule has 0 saturated heterocycles. The molecule has 0 fully saturated rings. The average Bonchev–Trinajstić information content (AvgIpc) is 2.80. The van der Waals surface area contributed by atoms with Crippen LogP contribution in [-0.2, 0) is 16.8 Å². The molecule has 1 aromatic carbocycles. The molecule has 3 heterocycles. The molecule has 10 nitrogen and oxygen atoms in total. The van der Waals surface area contributed by atoms with Gasteiger partial charge in [-0.25, -0.2) is 28.3 Å². The predicted octanol–water partition coefficient (Wildman–Crippen LogP) is 3.50. The molecule has 0 saturated carbocycles. The Kier molecular flexibility index (Phi) is 6.30. The van der Waals surface area contributed by atoms with Gasteiger partial charge in [-0.2, -0.15) is 8.42 Å². The summed E-state index contributed by atoms with van der Waals surface area (Å²) in [6.07, 6.45) is 2.00. The number of hydrogen-bond acceptors (Lipinski definition) is 7. The predicted molar refractivity (Wildman–Crippen MR) is 116 cm³/mol. The second-order valence-electron chi connectivity index (χ2n) is 7.21. The topological polar surface area (TPSA) is 123 Å². The number of hydrogen-bond donors (Lipinski definition) is 2. The third kappa shape index (κ3) is 4.75. The van der Waals surface area contributed by atoms with Crippen LogP contribution in [0.15, 0.2) is 48.8 Å². The van der Waals surface area contributed by atoms with Crippen molar-refractivity contribution in [2.75, 3.05) is 11.8 Å². The molecule has 178 valence electrons. The number of rotatable bonds is 7. The highest BCUT2D eigenvalue weighted by atomic mass is 32.2. The highest BCUT2D eigenvalue weighted by molar-refractivity contribution is 7.90. The molecule has 1 amide bonds. The molecule has 0 bridgehead atoms. The minimum Gasteiger partial charge on any atom is -0.417 e. The van der Waals surface area contributed by atoms with E-state index in [1.165, 1.54) is 60.7 Å². The van der Waals surface area contributed by atoms with E-state index in [2.05, 4.69) is 14.7 Å². The van der Waals surface area contributed by atoms with Crippen molar-refractivity contribution in [2.24, 2.45) is 0 Å². The van der Waals surface area contributed by atoms with E-state index in [9.17, 15) is 22.0 Å². The van der Waals surface area contributed by atoms with Crippen molar-refractivity contribution < 1.29 is 31.5 Å². The largest absolute Gasteiger partial charge is 0.417 e. The SMILES string of the molecule is CNS(=O)(=O)Nc1cccc(CN2C(=O)Oc3cc(Oc4ncccc4F)ncc3[C@@H]2C)c1F. The molecule has 34 heavy (non-hydrogen) atoms. The molecule has 0 aliphatic carbocycles. The fourth-order valence-corrected chi connectivity index (χ4v) is 3.82. The number of fused-ring (bicyclic) bond motifs is 1. The fraction of sp³-hybridized carbons (Fsp3) is 0.190. The molecule has 1 aliphatic heterocycles. The third-order valence-electron chi connectivity index (χ3n) is 5.08. The first-order valence-electron chi connectivity index (χ1n) is 9.94. The first-order valence-corrected chi connectivity index (χ1v) is 11.4. The Labute approximate surface area is 193 Å².